The van der Waals surface area contributed by atoms with Crippen molar-refractivity contribution in [3.63, 3.8) is 0 Å². The average molecular weight is 363 g/mol. The van der Waals surface area contributed by atoms with E-state index in [0.717, 1.165) is 35.8 Å². The third-order valence-corrected chi connectivity index (χ3v) is 5.27. The molecule has 0 saturated carbocycles. The van der Waals surface area contributed by atoms with Crippen LogP contribution in [0, 0.1) is 10.1 Å². The maximum atomic E-state index is 13.2. The fraction of sp³-hybridized carbons (Fsp3) is 0.286. The van der Waals surface area contributed by atoms with Crippen molar-refractivity contribution >= 4 is 22.5 Å². The quantitative estimate of drug-likeness (QED) is 0.522. The van der Waals surface area contributed by atoms with E-state index in [1.165, 1.54) is 6.07 Å². The summed E-state index contributed by atoms with van der Waals surface area (Å²) in [6.07, 6.45) is 2.65. The number of benzene rings is 2. The van der Waals surface area contributed by atoms with Crippen LogP contribution >= 0.6 is 0 Å². The Hall–Kier alpha value is -3.15. The van der Waals surface area contributed by atoms with Crippen molar-refractivity contribution in [1.29, 1.82) is 0 Å². The van der Waals surface area contributed by atoms with Gasteiger partial charge in [0.1, 0.15) is 11.2 Å². The van der Waals surface area contributed by atoms with Crippen LogP contribution in [0.3, 0.4) is 0 Å². The Labute approximate surface area is 157 Å². The van der Waals surface area contributed by atoms with Gasteiger partial charge in [0.2, 0.25) is 0 Å². The van der Waals surface area contributed by atoms with Gasteiger partial charge in [-0.05, 0) is 30.4 Å². The van der Waals surface area contributed by atoms with E-state index in [2.05, 4.69) is 0 Å². The second-order valence-corrected chi connectivity index (χ2v) is 7.01. The van der Waals surface area contributed by atoms with Crippen molar-refractivity contribution in [2.45, 2.75) is 25.8 Å². The molecule has 0 bridgehead atoms. The van der Waals surface area contributed by atoms with Crippen LogP contribution in [-0.2, 0) is 13.0 Å². The summed E-state index contributed by atoms with van der Waals surface area (Å²) >= 11 is 0. The van der Waals surface area contributed by atoms with Crippen LogP contribution in [0.5, 0.6) is 0 Å². The molecular weight excluding hydrogens is 342 g/mol. The maximum absolute atomic E-state index is 13.2. The van der Waals surface area contributed by atoms with Crippen molar-refractivity contribution in [2.24, 2.45) is 0 Å². The van der Waals surface area contributed by atoms with Gasteiger partial charge in [-0.3, -0.25) is 14.9 Å². The second-order valence-electron chi connectivity index (χ2n) is 7.01. The number of para-hydroxylation sites is 1. The number of rotatable bonds is 3. The molecule has 0 N–H and O–H groups in total. The molecule has 0 aliphatic carbocycles. The summed E-state index contributed by atoms with van der Waals surface area (Å²) in [4.78, 5) is 26.3. The molecular formula is C21H21N3O3. The highest BCUT2D eigenvalue weighted by molar-refractivity contribution is 6.04. The van der Waals surface area contributed by atoms with E-state index in [4.69, 9.17) is 0 Å². The van der Waals surface area contributed by atoms with Gasteiger partial charge in [-0.15, -0.1) is 0 Å². The van der Waals surface area contributed by atoms with Gasteiger partial charge in [0, 0.05) is 31.6 Å². The topological polar surface area (TPSA) is 68.4 Å². The lowest BCUT2D eigenvalue weighted by Gasteiger charge is -2.22. The third-order valence-electron chi connectivity index (χ3n) is 5.27. The molecule has 2 aromatic carbocycles. The van der Waals surface area contributed by atoms with E-state index >= 15 is 0 Å². The number of hydrogen-bond acceptors (Lipinski definition) is 3. The molecule has 2 heterocycles. The van der Waals surface area contributed by atoms with Crippen LogP contribution < -0.4 is 0 Å². The predicted octanol–water partition coefficient (Wildman–Crippen LogP) is 4.01. The zero-order valence-electron chi connectivity index (χ0n) is 15.2. The SMILES string of the molecule is CN1CCCCc2c(n(Cc3ccccc3)c3c([N+](=O)[O-])cccc23)C1=O. The maximum Gasteiger partial charge on any atom is 0.293 e. The number of carbonyl (C=O) groups excluding carboxylic acids is 1. The molecule has 6 heteroatoms. The molecule has 6 nitrogen and oxygen atoms in total. The number of nitro benzene ring substituents is 1. The van der Waals surface area contributed by atoms with Crippen LogP contribution in [0.1, 0.15) is 34.5 Å². The fourth-order valence-corrected chi connectivity index (χ4v) is 3.96. The summed E-state index contributed by atoms with van der Waals surface area (Å²) < 4.78 is 1.85. The Balaban J connectivity index is 2.04. The largest absolute Gasteiger partial charge is 0.340 e. The highest BCUT2D eigenvalue weighted by Gasteiger charge is 2.30. The molecule has 0 spiro atoms. The van der Waals surface area contributed by atoms with E-state index in [1.807, 2.05) is 41.0 Å². The number of aromatic nitrogens is 1. The Morgan fingerprint density at radius 1 is 1.07 bits per heavy atom. The number of carbonyl (C=O) groups is 1. The van der Waals surface area contributed by atoms with Crippen molar-refractivity contribution < 1.29 is 9.72 Å². The van der Waals surface area contributed by atoms with Gasteiger partial charge in [-0.2, -0.15) is 0 Å². The minimum atomic E-state index is -0.356. The van der Waals surface area contributed by atoms with E-state index in [-0.39, 0.29) is 16.5 Å². The first-order valence-electron chi connectivity index (χ1n) is 9.16. The molecule has 27 heavy (non-hydrogen) atoms. The number of non-ortho nitro benzene ring substituents is 1. The number of nitrogens with zero attached hydrogens (tertiary/aromatic N) is 3. The molecule has 0 radical (unpaired) electrons. The number of hydrogen-bond donors (Lipinski definition) is 0. The molecule has 0 fully saturated rings. The van der Waals surface area contributed by atoms with Gasteiger partial charge in [0.25, 0.3) is 11.6 Å². The van der Waals surface area contributed by atoms with Crippen LogP contribution in [-0.4, -0.2) is 33.9 Å². The first-order valence-corrected chi connectivity index (χ1v) is 9.16. The Morgan fingerprint density at radius 3 is 2.59 bits per heavy atom. The number of nitro groups is 1. The molecule has 1 aliphatic heterocycles. The summed E-state index contributed by atoms with van der Waals surface area (Å²) in [6.45, 7) is 1.13. The number of fused-ring (bicyclic) bond motifs is 3. The van der Waals surface area contributed by atoms with Crippen molar-refractivity contribution in [3.8, 4) is 0 Å². The molecule has 0 atom stereocenters. The normalized spacial score (nSPS) is 14.7. The van der Waals surface area contributed by atoms with Crippen molar-refractivity contribution in [3.05, 3.63) is 75.5 Å². The summed E-state index contributed by atoms with van der Waals surface area (Å²) in [7, 11) is 1.80. The molecule has 3 aromatic rings. The van der Waals surface area contributed by atoms with Gasteiger partial charge >= 0.3 is 0 Å². The van der Waals surface area contributed by atoms with E-state index in [1.54, 1.807) is 18.0 Å². The molecule has 0 saturated heterocycles. The molecule has 138 valence electrons. The Kier molecular flexibility index (Phi) is 4.39. The first-order chi connectivity index (χ1) is 13.1. The summed E-state index contributed by atoms with van der Waals surface area (Å²) in [5.41, 5.74) is 3.12. The highest BCUT2D eigenvalue weighted by atomic mass is 16.6. The summed E-state index contributed by atoms with van der Waals surface area (Å²) in [6, 6.07) is 14.9. The highest BCUT2D eigenvalue weighted by Crippen LogP contribution is 2.35. The second kappa shape index (κ2) is 6.87. The predicted molar refractivity (Wildman–Crippen MR) is 104 cm³/mol. The Bertz CT molecular complexity index is 1020. The third kappa shape index (κ3) is 2.97. The first kappa shape index (κ1) is 17.3. The van der Waals surface area contributed by atoms with Gasteiger partial charge < -0.3 is 9.47 Å². The zero-order valence-corrected chi connectivity index (χ0v) is 15.2. The molecule has 4 rings (SSSR count). The minimum Gasteiger partial charge on any atom is -0.340 e. The lowest BCUT2D eigenvalue weighted by Crippen LogP contribution is -2.32. The number of amides is 1. The molecule has 1 amide bonds. The molecule has 1 aliphatic rings. The standard InChI is InChI=1S/C21H21N3O3/c1-22-13-6-5-10-17-16-11-7-12-18(24(26)27)19(16)23(20(17)21(22)25)14-15-8-3-2-4-9-15/h2-4,7-9,11-12H,5-6,10,13-14H2,1H3. The fourth-order valence-electron chi connectivity index (χ4n) is 3.96. The van der Waals surface area contributed by atoms with Gasteiger partial charge in [-0.1, -0.05) is 42.5 Å². The number of aryl methyl sites for hydroxylation is 1. The minimum absolute atomic E-state index is 0.0469. The average Bonchev–Trinajstić information content (AvgIpc) is 2.97. The van der Waals surface area contributed by atoms with Crippen LogP contribution in [0.4, 0.5) is 5.69 Å². The van der Waals surface area contributed by atoms with Crippen LogP contribution in [0.2, 0.25) is 0 Å². The van der Waals surface area contributed by atoms with Crippen molar-refractivity contribution in [1.82, 2.24) is 9.47 Å². The van der Waals surface area contributed by atoms with Gasteiger partial charge in [0.05, 0.1) is 4.92 Å². The lowest BCUT2D eigenvalue weighted by atomic mass is 10.0. The monoisotopic (exact) mass is 363 g/mol. The Morgan fingerprint density at radius 2 is 1.85 bits per heavy atom. The molecule has 1 aromatic heterocycles. The molecule has 0 unspecified atom stereocenters. The van der Waals surface area contributed by atoms with Crippen LogP contribution in [0.25, 0.3) is 10.9 Å². The van der Waals surface area contributed by atoms with Crippen LogP contribution in [0.15, 0.2) is 48.5 Å². The van der Waals surface area contributed by atoms with E-state index < -0.39 is 0 Å². The van der Waals surface area contributed by atoms with Crippen molar-refractivity contribution in [2.75, 3.05) is 13.6 Å². The lowest BCUT2D eigenvalue weighted by molar-refractivity contribution is -0.383. The van der Waals surface area contributed by atoms with Gasteiger partial charge in [-0.25, -0.2) is 0 Å². The smallest absolute Gasteiger partial charge is 0.293 e. The zero-order chi connectivity index (χ0) is 19.0. The van der Waals surface area contributed by atoms with E-state index in [9.17, 15) is 14.9 Å². The van der Waals surface area contributed by atoms with E-state index in [0.29, 0.717) is 24.3 Å². The summed E-state index contributed by atoms with van der Waals surface area (Å²) in [5.74, 6) is -0.0638. The van der Waals surface area contributed by atoms with Gasteiger partial charge in [0.15, 0.2) is 0 Å². The summed E-state index contributed by atoms with van der Waals surface area (Å²) in [5, 5.41) is 12.5.